The minimum Gasteiger partial charge on any atom is -0.392 e. The Morgan fingerprint density at radius 3 is 3.06 bits per heavy atom. The van der Waals surface area contributed by atoms with Gasteiger partial charge in [-0.2, -0.15) is 0 Å². The summed E-state index contributed by atoms with van der Waals surface area (Å²) in [6, 6.07) is 4.74. The Balaban J connectivity index is 2.34. The molecule has 1 aliphatic heterocycles. The van der Waals surface area contributed by atoms with E-state index in [9.17, 15) is 15.2 Å². The summed E-state index contributed by atoms with van der Waals surface area (Å²) in [6.45, 7) is 3.70. The van der Waals surface area contributed by atoms with Crippen molar-refractivity contribution in [1.82, 2.24) is 0 Å². The first-order chi connectivity index (χ1) is 8.08. The third-order valence-electron chi connectivity index (χ3n) is 2.71. The van der Waals surface area contributed by atoms with Gasteiger partial charge in [0.2, 0.25) is 0 Å². The maximum absolute atomic E-state index is 10.7. The van der Waals surface area contributed by atoms with Crippen molar-refractivity contribution < 1.29 is 10.0 Å². The number of aliphatic hydroxyl groups is 1. The number of fused-ring (bicyclic) bond motifs is 1. The number of benzene rings is 1. The molecule has 1 heterocycles. The molecule has 2 rings (SSSR count). The van der Waals surface area contributed by atoms with E-state index in [0.29, 0.717) is 6.54 Å². The molecule has 1 aliphatic rings. The fourth-order valence-electron chi connectivity index (χ4n) is 2.00. The number of nitro benzene ring substituents is 1. The molecule has 17 heavy (non-hydrogen) atoms. The minimum absolute atomic E-state index is 0.0723. The number of aliphatic hydroxyl groups excluding tert-OH is 1. The number of nitrogens with one attached hydrogen (secondary N) is 1. The van der Waals surface area contributed by atoms with Crippen LogP contribution in [0.15, 0.2) is 18.2 Å². The van der Waals surface area contributed by atoms with E-state index in [0.717, 1.165) is 24.5 Å². The van der Waals surface area contributed by atoms with E-state index < -0.39 is 11.0 Å². The van der Waals surface area contributed by atoms with E-state index in [4.69, 9.17) is 0 Å². The second-order valence-electron chi connectivity index (χ2n) is 4.18. The SMILES string of the molecule is CC(O)CN1CCNc2ccc([N+](=O)[O-])cc21. The van der Waals surface area contributed by atoms with Crippen molar-refractivity contribution in [2.75, 3.05) is 29.9 Å². The summed E-state index contributed by atoms with van der Waals surface area (Å²) in [6.07, 6.45) is -0.458. The zero-order chi connectivity index (χ0) is 12.4. The Kier molecular flexibility index (Phi) is 3.14. The standard InChI is InChI=1S/C11H15N3O3/c1-8(15)7-13-5-4-12-10-3-2-9(14(16)17)6-11(10)13/h2-3,6,8,12,15H,4-5,7H2,1H3. The molecule has 0 saturated heterocycles. The van der Waals surface area contributed by atoms with E-state index >= 15 is 0 Å². The largest absolute Gasteiger partial charge is 0.392 e. The summed E-state index contributed by atoms with van der Waals surface area (Å²) >= 11 is 0. The number of nitrogens with zero attached hydrogens (tertiary/aromatic N) is 2. The van der Waals surface area contributed by atoms with E-state index in [1.54, 1.807) is 19.1 Å². The van der Waals surface area contributed by atoms with Gasteiger partial charge in [0, 0.05) is 31.8 Å². The second kappa shape index (κ2) is 4.58. The van der Waals surface area contributed by atoms with Crippen LogP contribution in [0.25, 0.3) is 0 Å². The number of nitro groups is 1. The Labute approximate surface area is 99.0 Å². The van der Waals surface area contributed by atoms with Gasteiger partial charge < -0.3 is 15.3 Å². The molecule has 0 saturated carbocycles. The molecule has 0 radical (unpaired) electrons. The Morgan fingerprint density at radius 1 is 1.65 bits per heavy atom. The van der Waals surface area contributed by atoms with E-state index in [1.165, 1.54) is 6.07 Å². The van der Waals surface area contributed by atoms with Crippen LogP contribution in [0.4, 0.5) is 17.1 Å². The molecule has 0 amide bonds. The van der Waals surface area contributed by atoms with Crippen molar-refractivity contribution in [2.45, 2.75) is 13.0 Å². The summed E-state index contributed by atoms with van der Waals surface area (Å²) in [5.74, 6) is 0. The van der Waals surface area contributed by atoms with Crippen LogP contribution in [0.1, 0.15) is 6.92 Å². The smallest absolute Gasteiger partial charge is 0.271 e. The van der Waals surface area contributed by atoms with Crippen LogP contribution in [0, 0.1) is 10.1 Å². The first-order valence-electron chi connectivity index (χ1n) is 5.53. The van der Waals surface area contributed by atoms with Crippen LogP contribution in [0.2, 0.25) is 0 Å². The predicted molar refractivity (Wildman–Crippen MR) is 65.5 cm³/mol. The lowest BCUT2D eigenvalue weighted by Gasteiger charge is -2.32. The fourth-order valence-corrected chi connectivity index (χ4v) is 2.00. The van der Waals surface area contributed by atoms with Crippen LogP contribution in [-0.4, -0.2) is 35.8 Å². The molecule has 92 valence electrons. The number of hydrogen-bond donors (Lipinski definition) is 2. The van der Waals surface area contributed by atoms with Gasteiger partial charge in [0.05, 0.1) is 22.4 Å². The summed E-state index contributed by atoms with van der Waals surface area (Å²) in [5, 5.41) is 23.3. The molecule has 0 aromatic heterocycles. The van der Waals surface area contributed by atoms with Crippen LogP contribution in [0.5, 0.6) is 0 Å². The molecule has 0 aliphatic carbocycles. The first-order valence-corrected chi connectivity index (χ1v) is 5.53. The lowest BCUT2D eigenvalue weighted by Crippen LogP contribution is -2.38. The molecule has 2 N–H and O–H groups in total. The number of non-ortho nitro benzene ring substituents is 1. The van der Waals surface area contributed by atoms with Gasteiger partial charge in [0.1, 0.15) is 0 Å². The zero-order valence-corrected chi connectivity index (χ0v) is 9.59. The Bertz CT molecular complexity index is 434. The summed E-state index contributed by atoms with van der Waals surface area (Å²) in [5.41, 5.74) is 1.73. The Morgan fingerprint density at radius 2 is 2.41 bits per heavy atom. The van der Waals surface area contributed by atoms with E-state index in [2.05, 4.69) is 5.32 Å². The fraction of sp³-hybridized carbons (Fsp3) is 0.455. The molecule has 0 spiro atoms. The van der Waals surface area contributed by atoms with Crippen LogP contribution < -0.4 is 10.2 Å². The van der Waals surface area contributed by atoms with Gasteiger partial charge in [-0.3, -0.25) is 10.1 Å². The summed E-state index contributed by atoms with van der Waals surface area (Å²) < 4.78 is 0. The molecular weight excluding hydrogens is 222 g/mol. The molecule has 1 atom stereocenters. The summed E-state index contributed by atoms with van der Waals surface area (Å²) in [7, 11) is 0. The first kappa shape index (κ1) is 11.7. The van der Waals surface area contributed by atoms with Crippen molar-refractivity contribution in [3.05, 3.63) is 28.3 Å². The molecule has 1 aromatic carbocycles. The highest BCUT2D eigenvalue weighted by molar-refractivity contribution is 5.74. The quantitative estimate of drug-likeness (QED) is 0.610. The van der Waals surface area contributed by atoms with Crippen molar-refractivity contribution in [3.63, 3.8) is 0 Å². The number of rotatable bonds is 3. The molecule has 6 nitrogen and oxygen atoms in total. The van der Waals surface area contributed by atoms with Gasteiger partial charge in [-0.15, -0.1) is 0 Å². The Hall–Kier alpha value is -1.82. The molecular formula is C11H15N3O3. The van der Waals surface area contributed by atoms with E-state index in [1.807, 2.05) is 4.90 Å². The third kappa shape index (κ3) is 2.47. The zero-order valence-electron chi connectivity index (χ0n) is 9.59. The van der Waals surface area contributed by atoms with Crippen molar-refractivity contribution in [3.8, 4) is 0 Å². The highest BCUT2D eigenvalue weighted by Gasteiger charge is 2.20. The maximum atomic E-state index is 10.7. The lowest BCUT2D eigenvalue weighted by molar-refractivity contribution is -0.384. The monoisotopic (exact) mass is 237 g/mol. The van der Waals surface area contributed by atoms with Gasteiger partial charge in [0.25, 0.3) is 5.69 Å². The highest BCUT2D eigenvalue weighted by Crippen LogP contribution is 2.32. The van der Waals surface area contributed by atoms with Gasteiger partial charge >= 0.3 is 0 Å². The van der Waals surface area contributed by atoms with Gasteiger partial charge in [0.15, 0.2) is 0 Å². The molecule has 1 aromatic rings. The number of hydrogen-bond acceptors (Lipinski definition) is 5. The number of anilines is 2. The topological polar surface area (TPSA) is 78.6 Å². The van der Waals surface area contributed by atoms with Gasteiger partial charge in [-0.25, -0.2) is 0 Å². The van der Waals surface area contributed by atoms with Crippen LogP contribution in [0.3, 0.4) is 0 Å². The third-order valence-corrected chi connectivity index (χ3v) is 2.71. The second-order valence-corrected chi connectivity index (χ2v) is 4.18. The average Bonchev–Trinajstić information content (AvgIpc) is 2.28. The van der Waals surface area contributed by atoms with Gasteiger partial charge in [-0.1, -0.05) is 0 Å². The van der Waals surface area contributed by atoms with Crippen molar-refractivity contribution in [2.24, 2.45) is 0 Å². The van der Waals surface area contributed by atoms with Crippen molar-refractivity contribution in [1.29, 1.82) is 0 Å². The number of β-amino-alcohol motifs (C(OH)–C–C–N with tert-alkyl or cyclic N) is 1. The maximum Gasteiger partial charge on any atom is 0.271 e. The molecule has 0 fully saturated rings. The average molecular weight is 237 g/mol. The van der Waals surface area contributed by atoms with Crippen molar-refractivity contribution >= 4 is 17.1 Å². The highest BCUT2D eigenvalue weighted by atomic mass is 16.6. The molecule has 6 heteroatoms. The lowest BCUT2D eigenvalue weighted by atomic mass is 10.1. The summed E-state index contributed by atoms with van der Waals surface area (Å²) in [4.78, 5) is 12.3. The van der Waals surface area contributed by atoms with E-state index in [-0.39, 0.29) is 5.69 Å². The molecule has 0 bridgehead atoms. The van der Waals surface area contributed by atoms with Crippen LogP contribution >= 0.6 is 0 Å². The van der Waals surface area contributed by atoms with Crippen LogP contribution in [-0.2, 0) is 0 Å². The molecule has 1 unspecified atom stereocenters. The van der Waals surface area contributed by atoms with Gasteiger partial charge in [-0.05, 0) is 13.0 Å². The minimum atomic E-state index is -0.458. The normalized spacial score (nSPS) is 16.0. The predicted octanol–water partition coefficient (Wildman–Crippen LogP) is 1.21.